The van der Waals surface area contributed by atoms with Gasteiger partial charge in [0.1, 0.15) is 0 Å². The van der Waals surface area contributed by atoms with Gasteiger partial charge in [0.05, 0.1) is 5.92 Å². The number of hydrogen-bond acceptors (Lipinski definition) is 3. The van der Waals surface area contributed by atoms with E-state index in [9.17, 15) is 9.59 Å². The summed E-state index contributed by atoms with van der Waals surface area (Å²) in [5, 5.41) is 15.2. The average molecular weight is 254 g/mol. The molecule has 3 N–H and O–H groups in total. The van der Waals surface area contributed by atoms with Crippen LogP contribution in [0, 0.1) is 11.8 Å². The molecule has 5 heteroatoms. The molecule has 2 saturated carbocycles. The number of carbonyl (C=O) groups excluding carboxylic acids is 1. The minimum Gasteiger partial charge on any atom is -0.481 e. The number of carboxylic acids is 1. The van der Waals surface area contributed by atoms with Crippen LogP contribution in [0.1, 0.15) is 38.5 Å². The van der Waals surface area contributed by atoms with Gasteiger partial charge < -0.3 is 15.7 Å². The fourth-order valence-corrected chi connectivity index (χ4v) is 2.62. The lowest BCUT2D eigenvalue weighted by molar-refractivity contribution is -0.142. The topological polar surface area (TPSA) is 78.4 Å². The van der Waals surface area contributed by atoms with E-state index in [1.54, 1.807) is 0 Å². The molecule has 0 radical (unpaired) electrons. The van der Waals surface area contributed by atoms with Crippen LogP contribution >= 0.6 is 0 Å². The van der Waals surface area contributed by atoms with E-state index in [4.69, 9.17) is 5.11 Å². The Kier molecular flexibility index (Phi) is 4.58. The molecule has 5 nitrogen and oxygen atoms in total. The minimum absolute atomic E-state index is 0.103. The van der Waals surface area contributed by atoms with Crippen molar-refractivity contribution in [2.75, 3.05) is 13.1 Å². The molecule has 0 aromatic rings. The Labute approximate surface area is 107 Å². The standard InChI is InChI=1S/C13H22N2O3/c16-12(15-10-4-5-10)6-7-14-8-9-2-1-3-11(9)13(17)18/h9-11,14H,1-8H2,(H,15,16)(H,17,18). The van der Waals surface area contributed by atoms with Crippen LogP contribution in [0.3, 0.4) is 0 Å². The summed E-state index contributed by atoms with van der Waals surface area (Å²) in [5.74, 6) is -0.538. The summed E-state index contributed by atoms with van der Waals surface area (Å²) in [6, 6.07) is 0.420. The molecule has 18 heavy (non-hydrogen) atoms. The highest BCUT2D eigenvalue weighted by atomic mass is 16.4. The lowest BCUT2D eigenvalue weighted by Crippen LogP contribution is -2.33. The first-order valence-electron chi connectivity index (χ1n) is 6.89. The maximum atomic E-state index is 11.4. The molecule has 0 heterocycles. The quantitative estimate of drug-likeness (QED) is 0.586. The fourth-order valence-electron chi connectivity index (χ4n) is 2.62. The Morgan fingerprint density at radius 3 is 2.61 bits per heavy atom. The van der Waals surface area contributed by atoms with Gasteiger partial charge in [0.25, 0.3) is 0 Å². The van der Waals surface area contributed by atoms with Crippen molar-refractivity contribution >= 4 is 11.9 Å². The molecule has 2 rings (SSSR count). The van der Waals surface area contributed by atoms with Gasteiger partial charge in [0.15, 0.2) is 0 Å². The summed E-state index contributed by atoms with van der Waals surface area (Å²) in [4.78, 5) is 22.4. The molecule has 2 atom stereocenters. The zero-order valence-electron chi connectivity index (χ0n) is 10.7. The van der Waals surface area contributed by atoms with E-state index in [-0.39, 0.29) is 17.7 Å². The molecular weight excluding hydrogens is 232 g/mol. The van der Waals surface area contributed by atoms with Crippen LogP contribution in [0.5, 0.6) is 0 Å². The van der Waals surface area contributed by atoms with Crippen molar-refractivity contribution in [1.29, 1.82) is 0 Å². The highest BCUT2D eigenvalue weighted by Crippen LogP contribution is 2.31. The maximum absolute atomic E-state index is 11.4. The van der Waals surface area contributed by atoms with Crippen LogP contribution < -0.4 is 10.6 Å². The summed E-state index contributed by atoms with van der Waals surface area (Å²) >= 11 is 0. The molecular formula is C13H22N2O3. The summed E-state index contributed by atoms with van der Waals surface area (Å²) in [5.41, 5.74) is 0. The monoisotopic (exact) mass is 254 g/mol. The van der Waals surface area contributed by atoms with E-state index < -0.39 is 5.97 Å². The Bertz CT molecular complexity index is 315. The minimum atomic E-state index is -0.675. The number of carboxylic acid groups (broad SMARTS) is 1. The highest BCUT2D eigenvalue weighted by Gasteiger charge is 2.32. The molecule has 0 bridgehead atoms. The van der Waals surface area contributed by atoms with Gasteiger partial charge in [-0.05, 0) is 38.1 Å². The molecule has 0 saturated heterocycles. The first-order valence-corrected chi connectivity index (χ1v) is 6.89. The molecule has 0 spiro atoms. The van der Waals surface area contributed by atoms with Crippen molar-refractivity contribution in [3.63, 3.8) is 0 Å². The molecule has 0 aromatic heterocycles. The van der Waals surface area contributed by atoms with Crippen LogP contribution in [0.25, 0.3) is 0 Å². The summed E-state index contributed by atoms with van der Waals surface area (Å²) < 4.78 is 0. The second-order valence-electron chi connectivity index (χ2n) is 5.43. The largest absolute Gasteiger partial charge is 0.481 e. The van der Waals surface area contributed by atoms with Gasteiger partial charge in [-0.2, -0.15) is 0 Å². The molecule has 1 amide bonds. The predicted molar refractivity (Wildman–Crippen MR) is 67.1 cm³/mol. The summed E-state index contributed by atoms with van der Waals surface area (Å²) in [7, 11) is 0. The van der Waals surface area contributed by atoms with Crippen molar-refractivity contribution in [3.8, 4) is 0 Å². The normalized spacial score (nSPS) is 27.1. The number of aliphatic carboxylic acids is 1. The SMILES string of the molecule is O=C(CCNCC1CCCC1C(=O)O)NC1CC1. The van der Waals surface area contributed by atoms with Gasteiger partial charge in [-0.3, -0.25) is 9.59 Å². The average Bonchev–Trinajstić information content (AvgIpc) is 2.99. The highest BCUT2D eigenvalue weighted by molar-refractivity contribution is 5.76. The van der Waals surface area contributed by atoms with Gasteiger partial charge in [0, 0.05) is 19.0 Å². The Morgan fingerprint density at radius 1 is 1.17 bits per heavy atom. The number of nitrogens with one attached hydrogen (secondary N) is 2. The van der Waals surface area contributed by atoms with Crippen molar-refractivity contribution < 1.29 is 14.7 Å². The first-order chi connectivity index (χ1) is 8.66. The van der Waals surface area contributed by atoms with E-state index in [0.717, 1.165) is 32.1 Å². The van der Waals surface area contributed by atoms with Crippen molar-refractivity contribution in [2.45, 2.75) is 44.6 Å². The van der Waals surface area contributed by atoms with Crippen LogP contribution in [-0.2, 0) is 9.59 Å². The molecule has 2 unspecified atom stereocenters. The second kappa shape index (κ2) is 6.18. The Balaban J connectivity index is 1.56. The fraction of sp³-hybridized carbons (Fsp3) is 0.846. The van der Waals surface area contributed by atoms with E-state index in [2.05, 4.69) is 10.6 Å². The third-order valence-corrected chi connectivity index (χ3v) is 3.85. The molecule has 2 aliphatic rings. The molecule has 2 fully saturated rings. The van der Waals surface area contributed by atoms with Crippen molar-refractivity contribution in [2.24, 2.45) is 11.8 Å². The van der Waals surface area contributed by atoms with E-state index in [1.807, 2.05) is 0 Å². The summed E-state index contributed by atoms with van der Waals surface area (Å²) in [6.07, 6.45) is 5.50. The number of rotatable bonds is 7. The Hall–Kier alpha value is -1.10. The lowest BCUT2D eigenvalue weighted by Gasteiger charge is -2.16. The molecule has 102 valence electrons. The van der Waals surface area contributed by atoms with Crippen molar-refractivity contribution in [1.82, 2.24) is 10.6 Å². The van der Waals surface area contributed by atoms with E-state index >= 15 is 0 Å². The smallest absolute Gasteiger partial charge is 0.306 e. The maximum Gasteiger partial charge on any atom is 0.306 e. The number of carbonyl (C=O) groups is 2. The van der Waals surface area contributed by atoms with Gasteiger partial charge >= 0.3 is 5.97 Å². The third-order valence-electron chi connectivity index (χ3n) is 3.85. The van der Waals surface area contributed by atoms with E-state index in [0.29, 0.717) is 25.6 Å². The van der Waals surface area contributed by atoms with Crippen LogP contribution in [0.2, 0.25) is 0 Å². The zero-order chi connectivity index (χ0) is 13.0. The first kappa shape index (κ1) is 13.3. The van der Waals surface area contributed by atoms with E-state index in [1.165, 1.54) is 0 Å². The lowest BCUT2D eigenvalue weighted by atomic mass is 9.96. The number of amides is 1. The predicted octanol–water partition coefficient (Wildman–Crippen LogP) is 0.746. The van der Waals surface area contributed by atoms with Gasteiger partial charge in [0.2, 0.25) is 5.91 Å². The van der Waals surface area contributed by atoms with Crippen LogP contribution in [0.4, 0.5) is 0 Å². The summed E-state index contributed by atoms with van der Waals surface area (Å²) in [6.45, 7) is 1.36. The van der Waals surface area contributed by atoms with Gasteiger partial charge in [-0.1, -0.05) is 6.42 Å². The number of hydrogen-bond donors (Lipinski definition) is 3. The Morgan fingerprint density at radius 2 is 1.94 bits per heavy atom. The van der Waals surface area contributed by atoms with Crippen LogP contribution in [0.15, 0.2) is 0 Å². The van der Waals surface area contributed by atoms with Gasteiger partial charge in [-0.15, -0.1) is 0 Å². The molecule has 2 aliphatic carbocycles. The zero-order valence-corrected chi connectivity index (χ0v) is 10.7. The van der Waals surface area contributed by atoms with Gasteiger partial charge in [-0.25, -0.2) is 0 Å². The second-order valence-corrected chi connectivity index (χ2v) is 5.43. The molecule has 0 aromatic carbocycles. The molecule has 0 aliphatic heterocycles. The third kappa shape index (κ3) is 3.98. The van der Waals surface area contributed by atoms with Crippen LogP contribution in [-0.4, -0.2) is 36.1 Å². The van der Waals surface area contributed by atoms with Crippen molar-refractivity contribution in [3.05, 3.63) is 0 Å².